The molecule has 3 aromatic heterocycles. The van der Waals surface area contributed by atoms with Crippen LogP contribution in [0.3, 0.4) is 0 Å². The Morgan fingerprint density at radius 2 is 2.08 bits per heavy atom. The number of carbonyl (C=O) groups is 1. The Labute approximate surface area is 150 Å². The summed E-state index contributed by atoms with van der Waals surface area (Å²) in [7, 11) is -4.07. The zero-order valence-electron chi connectivity index (χ0n) is 12.5. The maximum Gasteiger partial charge on any atom is 0.307 e. The highest BCUT2D eigenvalue weighted by Gasteiger charge is 2.29. The summed E-state index contributed by atoms with van der Waals surface area (Å²) in [6.45, 7) is 0. The number of thiazole rings is 1. The van der Waals surface area contributed by atoms with Gasteiger partial charge in [-0.15, -0.1) is 11.3 Å². The number of halogens is 1. The van der Waals surface area contributed by atoms with Crippen molar-refractivity contribution in [2.24, 2.45) is 0 Å². The molecule has 10 heteroatoms. The first kappa shape index (κ1) is 16.1. The fraction of sp³-hybridized carbons (Fsp3) is 0.0667. The number of para-hydroxylation sites is 1. The third-order valence-corrected chi connectivity index (χ3v) is 6.61. The van der Waals surface area contributed by atoms with E-state index in [2.05, 4.69) is 4.98 Å². The lowest BCUT2D eigenvalue weighted by Crippen LogP contribution is -2.14. The van der Waals surface area contributed by atoms with Crippen molar-refractivity contribution in [1.29, 1.82) is 0 Å². The van der Waals surface area contributed by atoms with Gasteiger partial charge in [0.15, 0.2) is 10.1 Å². The Kier molecular flexibility index (Phi) is 3.60. The van der Waals surface area contributed by atoms with Crippen LogP contribution in [0.25, 0.3) is 15.9 Å². The molecule has 0 saturated heterocycles. The molecule has 4 rings (SSSR count). The third-order valence-electron chi connectivity index (χ3n) is 3.78. The van der Waals surface area contributed by atoms with Crippen LogP contribution in [0.4, 0.5) is 0 Å². The second-order valence-corrected chi connectivity index (χ2v) is 8.27. The predicted octanol–water partition coefficient (Wildman–Crippen LogP) is 2.87. The Hall–Kier alpha value is -2.36. The number of aliphatic carboxylic acids is 1. The first-order valence-electron chi connectivity index (χ1n) is 7.07. The van der Waals surface area contributed by atoms with Crippen LogP contribution in [-0.4, -0.2) is 32.9 Å². The van der Waals surface area contributed by atoms with Crippen molar-refractivity contribution in [2.75, 3.05) is 0 Å². The van der Waals surface area contributed by atoms with E-state index in [9.17, 15) is 13.2 Å². The van der Waals surface area contributed by atoms with E-state index in [0.717, 1.165) is 3.97 Å². The van der Waals surface area contributed by atoms with Gasteiger partial charge in [0.1, 0.15) is 0 Å². The summed E-state index contributed by atoms with van der Waals surface area (Å²) in [5, 5.41) is 11.1. The minimum Gasteiger partial charge on any atom is -0.481 e. The molecule has 7 nitrogen and oxygen atoms in total. The van der Waals surface area contributed by atoms with Gasteiger partial charge in [-0.05, 0) is 11.6 Å². The fourth-order valence-corrected chi connectivity index (χ4v) is 5.59. The van der Waals surface area contributed by atoms with Gasteiger partial charge in [-0.3, -0.25) is 9.20 Å². The zero-order valence-corrected chi connectivity index (χ0v) is 14.8. The number of aromatic nitrogens is 3. The van der Waals surface area contributed by atoms with Gasteiger partial charge in [0.25, 0.3) is 10.0 Å². The molecule has 25 heavy (non-hydrogen) atoms. The first-order valence-corrected chi connectivity index (χ1v) is 9.77. The van der Waals surface area contributed by atoms with Crippen molar-refractivity contribution in [3.63, 3.8) is 0 Å². The van der Waals surface area contributed by atoms with Gasteiger partial charge >= 0.3 is 5.97 Å². The molecule has 0 aliphatic rings. The van der Waals surface area contributed by atoms with Crippen molar-refractivity contribution in [1.82, 2.24) is 13.4 Å². The number of fused-ring (bicyclic) bond motifs is 2. The summed E-state index contributed by atoms with van der Waals surface area (Å²) < 4.78 is 28.9. The topological polar surface area (TPSA) is 93.7 Å². The van der Waals surface area contributed by atoms with Crippen LogP contribution in [0, 0.1) is 0 Å². The number of carboxylic acid groups (broad SMARTS) is 1. The lowest BCUT2D eigenvalue weighted by atomic mass is 10.1. The number of hydrogen-bond donors (Lipinski definition) is 1. The Bertz CT molecular complexity index is 1240. The summed E-state index contributed by atoms with van der Waals surface area (Å²) in [5.74, 6) is -1.04. The Balaban J connectivity index is 2.02. The SMILES string of the molecule is O=C(O)Cc1cn(S(=O)(=O)c2c(Cl)nc3sccn23)c2ccccc12. The lowest BCUT2D eigenvalue weighted by molar-refractivity contribution is -0.136. The van der Waals surface area contributed by atoms with Crippen molar-refractivity contribution in [3.8, 4) is 0 Å². The number of rotatable bonds is 4. The smallest absolute Gasteiger partial charge is 0.307 e. The van der Waals surface area contributed by atoms with Crippen LogP contribution in [-0.2, 0) is 21.2 Å². The molecular weight excluding hydrogens is 386 g/mol. The van der Waals surface area contributed by atoms with E-state index in [-0.39, 0.29) is 16.6 Å². The minimum absolute atomic E-state index is 0.121. The normalized spacial score (nSPS) is 12.2. The Morgan fingerprint density at radius 3 is 2.84 bits per heavy atom. The number of carboxylic acids is 1. The monoisotopic (exact) mass is 395 g/mol. The number of benzene rings is 1. The van der Waals surface area contributed by atoms with Crippen molar-refractivity contribution in [3.05, 3.63) is 52.8 Å². The van der Waals surface area contributed by atoms with Crippen LogP contribution >= 0.6 is 22.9 Å². The van der Waals surface area contributed by atoms with Crippen LogP contribution in [0.15, 0.2) is 47.1 Å². The molecule has 1 N–H and O–H groups in total. The maximum absolute atomic E-state index is 13.2. The van der Waals surface area contributed by atoms with E-state index in [1.54, 1.807) is 35.8 Å². The molecule has 0 fully saturated rings. The van der Waals surface area contributed by atoms with Crippen molar-refractivity contribution in [2.45, 2.75) is 11.4 Å². The van der Waals surface area contributed by atoms with E-state index in [0.29, 0.717) is 21.4 Å². The first-order chi connectivity index (χ1) is 11.9. The van der Waals surface area contributed by atoms with Crippen molar-refractivity contribution < 1.29 is 18.3 Å². The fourth-order valence-electron chi connectivity index (χ4n) is 2.78. The van der Waals surface area contributed by atoms with E-state index in [1.165, 1.54) is 21.9 Å². The molecule has 3 heterocycles. The molecule has 0 aliphatic carbocycles. The van der Waals surface area contributed by atoms with E-state index in [4.69, 9.17) is 16.7 Å². The summed E-state index contributed by atoms with van der Waals surface area (Å²) in [4.78, 5) is 15.6. The second kappa shape index (κ2) is 5.58. The largest absolute Gasteiger partial charge is 0.481 e. The molecular formula is C15H10ClN3O4S2. The zero-order chi connectivity index (χ0) is 17.8. The quantitative estimate of drug-likeness (QED) is 0.573. The number of hydrogen-bond acceptors (Lipinski definition) is 5. The molecule has 0 unspecified atom stereocenters. The second-order valence-electron chi connectivity index (χ2n) is 5.31. The number of nitrogens with zero attached hydrogens (tertiary/aromatic N) is 3. The highest BCUT2D eigenvalue weighted by atomic mass is 35.5. The number of imidazole rings is 1. The van der Waals surface area contributed by atoms with Crippen molar-refractivity contribution >= 4 is 54.8 Å². The van der Waals surface area contributed by atoms with Crippen LogP contribution < -0.4 is 0 Å². The highest BCUT2D eigenvalue weighted by molar-refractivity contribution is 7.90. The molecule has 0 bridgehead atoms. The van der Waals surface area contributed by atoms with Gasteiger partial charge in [-0.25, -0.2) is 8.96 Å². The summed E-state index contributed by atoms with van der Waals surface area (Å²) in [5.41, 5.74) is 0.800. The van der Waals surface area contributed by atoms with Crippen LogP contribution in [0.1, 0.15) is 5.56 Å². The Morgan fingerprint density at radius 1 is 1.32 bits per heavy atom. The van der Waals surface area contributed by atoms with Gasteiger partial charge in [0, 0.05) is 23.2 Å². The molecule has 0 radical (unpaired) electrons. The van der Waals surface area contributed by atoms with Gasteiger partial charge in [0.05, 0.1) is 11.9 Å². The molecule has 0 spiro atoms. The molecule has 4 aromatic rings. The molecule has 0 aliphatic heterocycles. The predicted molar refractivity (Wildman–Crippen MR) is 93.9 cm³/mol. The molecule has 128 valence electrons. The summed E-state index contributed by atoms with van der Waals surface area (Å²) in [6, 6.07) is 6.74. The molecule has 0 atom stereocenters. The summed E-state index contributed by atoms with van der Waals surface area (Å²) >= 11 is 7.34. The summed E-state index contributed by atoms with van der Waals surface area (Å²) in [6.07, 6.45) is 2.63. The van der Waals surface area contributed by atoms with E-state index < -0.39 is 16.0 Å². The van der Waals surface area contributed by atoms with Gasteiger partial charge in [-0.1, -0.05) is 29.8 Å². The van der Waals surface area contributed by atoms with Gasteiger partial charge in [-0.2, -0.15) is 8.42 Å². The maximum atomic E-state index is 13.2. The minimum atomic E-state index is -4.07. The van der Waals surface area contributed by atoms with Gasteiger partial charge in [0.2, 0.25) is 5.03 Å². The molecule has 0 saturated carbocycles. The third kappa shape index (κ3) is 2.43. The standard InChI is InChI=1S/C15H10ClN3O4S2/c16-13-14(18-5-6-24-15(18)17-13)25(22,23)19-8-9(7-12(20)21)10-3-1-2-4-11(10)19/h1-6,8H,7H2,(H,20,21). The molecule has 0 amide bonds. The van der Waals surface area contributed by atoms with Gasteiger partial charge < -0.3 is 5.11 Å². The average Bonchev–Trinajstić information content (AvgIpc) is 3.20. The highest BCUT2D eigenvalue weighted by Crippen LogP contribution is 2.31. The molecule has 1 aromatic carbocycles. The lowest BCUT2D eigenvalue weighted by Gasteiger charge is -2.06. The van der Waals surface area contributed by atoms with E-state index >= 15 is 0 Å². The van der Waals surface area contributed by atoms with E-state index in [1.807, 2.05) is 0 Å². The van der Waals surface area contributed by atoms with Crippen LogP contribution in [0.2, 0.25) is 5.15 Å². The van der Waals surface area contributed by atoms with Crippen LogP contribution in [0.5, 0.6) is 0 Å². The average molecular weight is 396 g/mol.